The molecule has 0 unspecified atom stereocenters. The van der Waals surface area contributed by atoms with Crippen LogP contribution >= 0.6 is 0 Å². The van der Waals surface area contributed by atoms with Gasteiger partial charge < -0.3 is 25.3 Å². The molecule has 0 aromatic heterocycles. The number of aliphatic hydroxyl groups is 2. The molecule has 0 bridgehead atoms. The molecule has 0 aliphatic rings. The first-order valence-electron chi connectivity index (χ1n) is 7.65. The summed E-state index contributed by atoms with van der Waals surface area (Å²) >= 11 is 0. The smallest absolute Gasteiger partial charge is 0.271 e. The second-order valence-electron chi connectivity index (χ2n) is 5.24. The molecule has 0 atom stereocenters. The summed E-state index contributed by atoms with van der Waals surface area (Å²) in [5.41, 5.74) is 0.306. The van der Waals surface area contributed by atoms with E-state index >= 15 is 0 Å². The number of anilines is 1. The van der Waals surface area contributed by atoms with Crippen molar-refractivity contribution in [3.8, 4) is 11.5 Å². The molecule has 0 heterocycles. The van der Waals surface area contributed by atoms with E-state index in [1.807, 2.05) is 0 Å². The fourth-order valence-electron chi connectivity index (χ4n) is 2.22. The van der Waals surface area contributed by atoms with Crippen molar-refractivity contribution in [3.63, 3.8) is 0 Å². The van der Waals surface area contributed by atoms with Crippen LogP contribution in [-0.2, 0) is 0 Å². The van der Waals surface area contributed by atoms with Crippen LogP contribution in [-0.4, -0.2) is 51.7 Å². The summed E-state index contributed by atoms with van der Waals surface area (Å²) in [4.78, 5) is 11.8. The topological polar surface area (TPSA) is 152 Å². The van der Waals surface area contributed by atoms with Crippen LogP contribution in [0.5, 0.6) is 11.5 Å². The maximum atomic E-state index is 10.8. The summed E-state index contributed by atoms with van der Waals surface area (Å²) in [5.74, 6) is -0.496. The number of azo groups is 1. The van der Waals surface area contributed by atoms with Gasteiger partial charge >= 0.3 is 0 Å². The highest BCUT2D eigenvalue weighted by molar-refractivity contribution is 5.62. The van der Waals surface area contributed by atoms with Crippen LogP contribution in [0.15, 0.2) is 46.6 Å². The Kier molecular flexibility index (Phi) is 6.42. The number of nitro benzene ring substituents is 1. The number of hydrogen-bond donors (Lipinski definition) is 4. The van der Waals surface area contributed by atoms with Gasteiger partial charge in [-0.3, -0.25) is 10.1 Å². The molecule has 0 saturated heterocycles. The van der Waals surface area contributed by atoms with Gasteiger partial charge in [-0.15, -0.1) is 10.2 Å². The molecule has 0 spiro atoms. The van der Waals surface area contributed by atoms with Gasteiger partial charge in [-0.2, -0.15) is 0 Å². The largest absolute Gasteiger partial charge is 0.506 e. The number of phenols is 2. The number of phenolic OH excluding ortho intramolecular Hbond substituents is 2. The molecule has 0 radical (unpaired) electrons. The highest BCUT2D eigenvalue weighted by atomic mass is 16.6. The minimum absolute atomic E-state index is 0.0904. The maximum Gasteiger partial charge on any atom is 0.271 e. The SMILES string of the molecule is O=[N+]([O-])c1ccc(O)c(N=Nc2ccc(N(CCO)CCO)cc2O)c1. The Morgan fingerprint density at radius 2 is 1.58 bits per heavy atom. The van der Waals surface area contributed by atoms with Crippen LogP contribution in [0, 0.1) is 10.1 Å². The lowest BCUT2D eigenvalue weighted by atomic mass is 10.2. The first-order chi connectivity index (χ1) is 12.5. The van der Waals surface area contributed by atoms with E-state index < -0.39 is 4.92 Å². The molecule has 138 valence electrons. The van der Waals surface area contributed by atoms with Gasteiger partial charge in [0.25, 0.3) is 5.69 Å². The lowest BCUT2D eigenvalue weighted by Gasteiger charge is -2.23. The van der Waals surface area contributed by atoms with Gasteiger partial charge in [0.2, 0.25) is 0 Å². The zero-order valence-electron chi connectivity index (χ0n) is 13.7. The molecule has 10 heteroatoms. The van der Waals surface area contributed by atoms with Crippen molar-refractivity contribution < 1.29 is 25.3 Å². The van der Waals surface area contributed by atoms with E-state index in [4.69, 9.17) is 10.2 Å². The average Bonchev–Trinajstić information content (AvgIpc) is 2.61. The third kappa shape index (κ3) is 4.65. The molecule has 2 aromatic carbocycles. The number of rotatable bonds is 8. The molecule has 0 aliphatic carbocycles. The Bertz CT molecular complexity index is 805. The van der Waals surface area contributed by atoms with Crippen LogP contribution in [0.2, 0.25) is 0 Å². The number of aliphatic hydroxyl groups excluding tert-OH is 2. The van der Waals surface area contributed by atoms with Gasteiger partial charge in [-0.25, -0.2) is 0 Å². The molecular weight excluding hydrogens is 344 g/mol. The normalized spacial score (nSPS) is 11.0. The number of nitrogens with zero attached hydrogens (tertiary/aromatic N) is 4. The lowest BCUT2D eigenvalue weighted by Crippen LogP contribution is -2.29. The van der Waals surface area contributed by atoms with Gasteiger partial charge in [-0.1, -0.05) is 0 Å². The molecule has 0 fully saturated rings. The average molecular weight is 362 g/mol. The third-order valence-electron chi connectivity index (χ3n) is 3.50. The Labute approximate surface area is 148 Å². The molecule has 0 amide bonds. The second-order valence-corrected chi connectivity index (χ2v) is 5.24. The van der Waals surface area contributed by atoms with Crippen LogP contribution in [0.3, 0.4) is 0 Å². The first kappa shape index (κ1) is 19.1. The summed E-state index contributed by atoms with van der Waals surface area (Å²) in [7, 11) is 0. The number of aromatic hydroxyl groups is 2. The predicted octanol–water partition coefficient (Wildman–Crippen LogP) is 2.21. The predicted molar refractivity (Wildman–Crippen MR) is 93.4 cm³/mol. The van der Waals surface area contributed by atoms with Gasteiger partial charge in [0.05, 0.1) is 18.1 Å². The second kappa shape index (κ2) is 8.74. The van der Waals surface area contributed by atoms with E-state index in [0.29, 0.717) is 5.69 Å². The highest BCUT2D eigenvalue weighted by Gasteiger charge is 2.11. The van der Waals surface area contributed by atoms with Crippen molar-refractivity contribution in [2.75, 3.05) is 31.2 Å². The fraction of sp³-hybridized carbons (Fsp3) is 0.250. The van der Waals surface area contributed by atoms with Crippen LogP contribution in [0.1, 0.15) is 0 Å². The van der Waals surface area contributed by atoms with E-state index in [2.05, 4.69) is 10.2 Å². The Hall–Kier alpha value is -3.24. The van der Waals surface area contributed by atoms with Crippen molar-refractivity contribution in [1.82, 2.24) is 0 Å². The summed E-state index contributed by atoms with van der Waals surface area (Å²) in [6.07, 6.45) is 0. The maximum absolute atomic E-state index is 10.8. The molecule has 10 nitrogen and oxygen atoms in total. The standard InChI is InChI=1S/C16H18N4O6/c21-7-5-19(6-8-22)11-1-3-13(16(24)10-11)17-18-14-9-12(20(25)26)2-4-15(14)23/h1-4,9-10,21-24H,5-8H2. The molecule has 2 aromatic rings. The lowest BCUT2D eigenvalue weighted by molar-refractivity contribution is -0.384. The van der Waals surface area contributed by atoms with E-state index in [9.17, 15) is 20.3 Å². The van der Waals surface area contributed by atoms with E-state index in [1.54, 1.807) is 11.0 Å². The van der Waals surface area contributed by atoms with E-state index in [0.717, 1.165) is 18.2 Å². The molecule has 4 N–H and O–H groups in total. The van der Waals surface area contributed by atoms with Crippen molar-refractivity contribution >= 4 is 22.7 Å². The Morgan fingerprint density at radius 3 is 2.15 bits per heavy atom. The van der Waals surface area contributed by atoms with Gasteiger partial charge in [-0.05, 0) is 18.2 Å². The van der Waals surface area contributed by atoms with Crippen LogP contribution in [0.4, 0.5) is 22.7 Å². The molecular formula is C16H18N4O6. The van der Waals surface area contributed by atoms with Crippen molar-refractivity contribution in [2.24, 2.45) is 10.2 Å². The Balaban J connectivity index is 2.26. The minimum Gasteiger partial charge on any atom is -0.506 e. The van der Waals surface area contributed by atoms with E-state index in [-0.39, 0.29) is 54.9 Å². The zero-order chi connectivity index (χ0) is 19.1. The summed E-state index contributed by atoms with van der Waals surface area (Å²) in [5, 5.41) is 56.2. The van der Waals surface area contributed by atoms with Crippen molar-refractivity contribution in [1.29, 1.82) is 0 Å². The highest BCUT2D eigenvalue weighted by Crippen LogP contribution is 2.35. The zero-order valence-corrected chi connectivity index (χ0v) is 13.7. The number of non-ortho nitro benzene ring substituents is 1. The van der Waals surface area contributed by atoms with Gasteiger partial charge in [0.15, 0.2) is 0 Å². The monoisotopic (exact) mass is 362 g/mol. The fourth-order valence-corrected chi connectivity index (χ4v) is 2.22. The van der Waals surface area contributed by atoms with Crippen molar-refractivity contribution in [3.05, 3.63) is 46.5 Å². The summed E-state index contributed by atoms with van der Waals surface area (Å²) in [6, 6.07) is 7.81. The number of hydrogen-bond acceptors (Lipinski definition) is 9. The van der Waals surface area contributed by atoms with Crippen LogP contribution in [0.25, 0.3) is 0 Å². The molecule has 0 saturated carbocycles. The van der Waals surface area contributed by atoms with Crippen LogP contribution < -0.4 is 4.90 Å². The third-order valence-corrected chi connectivity index (χ3v) is 3.50. The van der Waals surface area contributed by atoms with Gasteiger partial charge in [0.1, 0.15) is 22.9 Å². The number of nitro groups is 1. The molecule has 26 heavy (non-hydrogen) atoms. The Morgan fingerprint density at radius 1 is 0.923 bits per heavy atom. The quantitative estimate of drug-likeness (QED) is 0.319. The number of benzene rings is 2. The summed E-state index contributed by atoms with van der Waals surface area (Å²) in [6.45, 7) is 0.327. The molecule has 0 aliphatic heterocycles. The minimum atomic E-state index is -0.623. The first-order valence-corrected chi connectivity index (χ1v) is 7.65. The van der Waals surface area contributed by atoms with E-state index in [1.165, 1.54) is 12.1 Å². The van der Waals surface area contributed by atoms with Gasteiger partial charge in [0, 0.05) is 37.0 Å². The van der Waals surface area contributed by atoms with Crippen molar-refractivity contribution in [2.45, 2.75) is 0 Å². The summed E-state index contributed by atoms with van der Waals surface area (Å²) < 4.78 is 0. The molecule has 2 rings (SSSR count).